The van der Waals surface area contributed by atoms with Crippen molar-refractivity contribution >= 4 is 13.5 Å². The van der Waals surface area contributed by atoms with Crippen molar-refractivity contribution in [3.8, 4) is 0 Å². The van der Waals surface area contributed by atoms with E-state index in [2.05, 4.69) is 19.2 Å². The van der Waals surface area contributed by atoms with Crippen molar-refractivity contribution in [2.24, 2.45) is 0 Å². The average molecular weight is 1800 g/mol. The molecule has 0 rings (SSSR count). The first kappa shape index (κ1) is 124. The molecule has 0 aliphatic heterocycles. The third-order valence-electron chi connectivity index (χ3n) is 18.9. The Labute approximate surface area is 749 Å². The molecule has 1 amide bonds. The molecule has 0 fully saturated rings. The fourth-order valence-corrected chi connectivity index (χ4v) is 13.7. The van der Waals surface area contributed by atoms with E-state index in [-0.39, 0.29) is 12.2 Å². The topological polar surface area (TPSA) is 289 Å². The summed E-state index contributed by atoms with van der Waals surface area (Å²) in [5.41, 5.74) is 0. The summed E-state index contributed by atoms with van der Waals surface area (Å²) >= 11 is 0. The summed E-state index contributed by atoms with van der Waals surface area (Å²) in [7, 11) is 0.312. The summed E-state index contributed by atoms with van der Waals surface area (Å²) in [5.74, 6) is 0.0253. The molecule has 0 saturated heterocycles. The molecule has 0 aromatic rings. The van der Waals surface area contributed by atoms with E-state index in [0.717, 1.165) is 25.7 Å². The summed E-state index contributed by atoms with van der Waals surface area (Å²) in [4.78, 5) is 13.9. The zero-order valence-corrected chi connectivity index (χ0v) is 80.3. The highest BCUT2D eigenvalue weighted by molar-refractivity contribution is 7.53. The van der Waals surface area contributed by atoms with Gasteiger partial charge in [-0.25, -0.2) is 0 Å². The van der Waals surface area contributed by atoms with E-state index in [1.54, 1.807) is 7.11 Å². The first-order valence-corrected chi connectivity index (χ1v) is 50.2. The van der Waals surface area contributed by atoms with E-state index in [1.807, 2.05) is 25.8 Å². The minimum atomic E-state index is -3.24. The number of rotatable bonds is 112. The molecule has 0 saturated carbocycles. The van der Waals surface area contributed by atoms with Crippen LogP contribution in [0.5, 0.6) is 0 Å². The molecular weight excluding hydrogens is 1610 g/mol. The maximum Gasteiger partial charge on any atom is 0.344 e. The number of methoxy groups -OCH3 is 1. The number of unbranched alkanes of at least 4 members (excludes halogenated alkanes) is 30. The normalized spacial score (nSPS) is 11.8. The molecular formula is C92H189N2O28P. The van der Waals surface area contributed by atoms with Gasteiger partial charge in [0.05, 0.1) is 317 Å². The lowest BCUT2D eigenvalue weighted by Gasteiger charge is -2.24. The van der Waals surface area contributed by atoms with E-state index in [1.165, 1.54) is 180 Å². The highest BCUT2D eigenvalue weighted by Gasteiger charge is 2.27. The van der Waals surface area contributed by atoms with Gasteiger partial charge in [-0.15, -0.1) is 0 Å². The van der Waals surface area contributed by atoms with Gasteiger partial charge in [-0.05, 0) is 33.7 Å². The SMILES string of the molecule is CCCCCCCCCCCCCCCCCCOP(=O)(CN(C)CCC(=O)NCC)OCCCCCCCCCCCCCCCCCC.CCOCCOCCOCCOCCOCCOCCOCCOCCOCCOCCOCCOCCOCCOCCOCCOCCOCCOCCOCCOCCOCCOCCOCCOC. The third-order valence-corrected chi connectivity index (χ3v) is 20.9. The highest BCUT2D eigenvalue weighted by atomic mass is 31.2. The van der Waals surface area contributed by atoms with Crippen LogP contribution in [0.4, 0.5) is 0 Å². The Morgan fingerprint density at radius 3 is 0.553 bits per heavy atom. The van der Waals surface area contributed by atoms with Crippen molar-refractivity contribution in [2.45, 2.75) is 240 Å². The van der Waals surface area contributed by atoms with E-state index in [0.29, 0.717) is 343 Å². The zero-order chi connectivity index (χ0) is 88.9. The molecule has 0 aliphatic carbocycles. The highest BCUT2D eigenvalue weighted by Crippen LogP contribution is 2.49. The van der Waals surface area contributed by atoms with Crippen LogP contribution in [0, 0.1) is 0 Å². The molecule has 0 aromatic carbocycles. The van der Waals surface area contributed by atoms with Crippen LogP contribution in [-0.4, -0.2) is 368 Å². The molecule has 0 heterocycles. The van der Waals surface area contributed by atoms with E-state index in [9.17, 15) is 9.36 Å². The van der Waals surface area contributed by atoms with Crippen LogP contribution in [0.2, 0.25) is 0 Å². The van der Waals surface area contributed by atoms with Crippen molar-refractivity contribution in [3.05, 3.63) is 0 Å². The Balaban J connectivity index is 0. The van der Waals surface area contributed by atoms with Gasteiger partial charge in [-0.1, -0.05) is 206 Å². The molecule has 30 nitrogen and oxygen atoms in total. The Bertz CT molecular complexity index is 1840. The zero-order valence-electron chi connectivity index (χ0n) is 79.4. The molecule has 0 aliphatic rings. The number of carbonyl (C=O) groups is 1. The van der Waals surface area contributed by atoms with E-state index >= 15 is 0 Å². The Morgan fingerprint density at radius 1 is 0.228 bits per heavy atom. The fraction of sp³-hybridized carbons (Fsp3) is 0.989. The molecule has 0 aromatic heterocycles. The first-order chi connectivity index (χ1) is 60.9. The summed E-state index contributed by atoms with van der Waals surface area (Å²) in [6.45, 7) is 34.8. The lowest BCUT2D eigenvalue weighted by atomic mass is 10.0. The van der Waals surface area contributed by atoms with Crippen LogP contribution < -0.4 is 5.32 Å². The van der Waals surface area contributed by atoms with Crippen LogP contribution in [0.25, 0.3) is 0 Å². The number of nitrogens with zero attached hydrogens (tertiary/aromatic N) is 1. The predicted octanol–water partition coefficient (Wildman–Crippen LogP) is 15.2. The van der Waals surface area contributed by atoms with Gasteiger partial charge in [0, 0.05) is 33.2 Å². The number of hydrogen-bond acceptors (Lipinski definition) is 29. The minimum Gasteiger partial charge on any atom is -0.382 e. The van der Waals surface area contributed by atoms with Crippen LogP contribution in [-0.2, 0) is 132 Å². The molecule has 0 atom stereocenters. The first-order valence-electron chi connectivity index (χ1n) is 48.5. The van der Waals surface area contributed by atoms with Gasteiger partial charge in [-0.2, -0.15) is 0 Å². The van der Waals surface area contributed by atoms with Gasteiger partial charge >= 0.3 is 7.60 Å². The minimum absolute atomic E-state index is 0.0253. The predicted molar refractivity (Wildman–Crippen MR) is 486 cm³/mol. The summed E-state index contributed by atoms with van der Waals surface area (Å²) in [5, 5.41) is 2.84. The van der Waals surface area contributed by atoms with Crippen molar-refractivity contribution in [1.29, 1.82) is 0 Å². The Morgan fingerprint density at radius 2 is 0.390 bits per heavy atom. The van der Waals surface area contributed by atoms with Crippen LogP contribution >= 0.6 is 7.60 Å². The smallest absolute Gasteiger partial charge is 0.344 e. The molecule has 0 spiro atoms. The van der Waals surface area contributed by atoms with Gasteiger partial charge in [0.25, 0.3) is 0 Å². The maximum atomic E-state index is 13.7. The fourth-order valence-electron chi connectivity index (χ4n) is 11.9. The largest absolute Gasteiger partial charge is 0.382 e. The lowest BCUT2D eigenvalue weighted by molar-refractivity contribution is -0.121. The molecule has 0 unspecified atom stereocenters. The van der Waals surface area contributed by atoms with Crippen LogP contribution in [0.3, 0.4) is 0 Å². The number of ether oxygens (including phenoxy) is 24. The van der Waals surface area contributed by atoms with Crippen LogP contribution in [0.1, 0.15) is 240 Å². The van der Waals surface area contributed by atoms with Gasteiger partial charge in [-0.3, -0.25) is 14.3 Å². The number of hydrogen-bond donors (Lipinski definition) is 1. The van der Waals surface area contributed by atoms with Crippen molar-refractivity contribution in [2.75, 3.05) is 357 Å². The Kier molecular flexibility index (Phi) is 115. The molecule has 740 valence electrons. The van der Waals surface area contributed by atoms with Crippen molar-refractivity contribution in [3.63, 3.8) is 0 Å². The maximum absolute atomic E-state index is 13.7. The molecule has 1 N–H and O–H groups in total. The molecule has 123 heavy (non-hydrogen) atoms. The quantitative estimate of drug-likeness (QED) is 0.0437. The molecule has 31 heteroatoms. The second-order valence-corrected chi connectivity index (χ2v) is 32.0. The third kappa shape index (κ3) is 115. The van der Waals surface area contributed by atoms with E-state index < -0.39 is 7.60 Å². The van der Waals surface area contributed by atoms with Gasteiger partial charge in [0.1, 0.15) is 6.29 Å². The average Bonchev–Trinajstić information content (AvgIpc) is 0.881. The monoisotopic (exact) mass is 1800 g/mol. The second-order valence-electron chi connectivity index (χ2n) is 30.0. The Hall–Kier alpha value is -1.38. The summed E-state index contributed by atoms with van der Waals surface area (Å²) in [6, 6.07) is 0. The number of amides is 1. The van der Waals surface area contributed by atoms with Crippen LogP contribution in [0.15, 0.2) is 0 Å². The summed E-state index contributed by atoms with van der Waals surface area (Å²) in [6.07, 6.45) is 43.2. The van der Waals surface area contributed by atoms with E-state index in [4.69, 9.17) is 123 Å². The number of nitrogens with one attached hydrogen (secondary N) is 1. The van der Waals surface area contributed by atoms with Gasteiger partial charge in [0.15, 0.2) is 0 Å². The second kappa shape index (κ2) is 115. The molecule has 0 bridgehead atoms. The standard InChI is InChI=1S/C49H100O24.C43H89N2O4P/c1-3-51-6-7-53-10-11-55-14-15-57-18-19-59-22-23-61-26-27-63-30-31-65-34-35-67-38-39-69-42-43-71-46-47-73-49-48-72-45-44-70-41-40-68-37-36-66-33-32-64-29-28-62-25-24-60-21-20-58-17-16-56-13-12-54-9-8-52-5-4-50-2;1-5-8-10-12-14-16-18-20-22-24-26-28-30-32-34-36-40-48-50(47,42-45(4)39-38-43(46)44-7-3)49-41-37-35-33-31-29-27-25-23-21-19-17-15-13-11-9-6-2/h3-49H2,1-2H3;5-42H2,1-4H3,(H,44,46). The number of carbonyl (C=O) groups excluding carboxylic acids is 1. The molecule has 0 radical (unpaired) electrons. The van der Waals surface area contributed by atoms with Crippen molar-refractivity contribution < 1.29 is 132 Å². The summed E-state index contributed by atoms with van der Waals surface area (Å²) < 4.78 is 156. The lowest BCUT2D eigenvalue weighted by Crippen LogP contribution is -2.29. The van der Waals surface area contributed by atoms with Gasteiger partial charge in [0.2, 0.25) is 5.91 Å². The van der Waals surface area contributed by atoms with Crippen molar-refractivity contribution in [1.82, 2.24) is 10.2 Å². The van der Waals surface area contributed by atoms with Gasteiger partial charge < -0.3 is 128 Å².